The van der Waals surface area contributed by atoms with Crippen molar-refractivity contribution in [3.8, 4) is 0 Å². The van der Waals surface area contributed by atoms with Gasteiger partial charge in [0, 0.05) is 37.9 Å². The van der Waals surface area contributed by atoms with Gasteiger partial charge in [-0.25, -0.2) is 4.98 Å². The van der Waals surface area contributed by atoms with Crippen LogP contribution in [0.5, 0.6) is 0 Å². The molecule has 1 aliphatic carbocycles. The molecule has 1 aliphatic heterocycles. The highest BCUT2D eigenvalue weighted by molar-refractivity contribution is 5.86. The van der Waals surface area contributed by atoms with Crippen LogP contribution < -0.4 is 5.32 Å². The summed E-state index contributed by atoms with van der Waals surface area (Å²) in [5.74, 6) is 0.709. The molecule has 1 aromatic heterocycles. The number of likely N-dealkylation sites (N-methyl/N-ethyl adjacent to an activating group) is 1. The summed E-state index contributed by atoms with van der Waals surface area (Å²) in [6.45, 7) is 5.36. The molecule has 1 saturated heterocycles. The topological polar surface area (TPSA) is 76.5 Å². The van der Waals surface area contributed by atoms with Crippen molar-refractivity contribution < 1.29 is 14.3 Å². The van der Waals surface area contributed by atoms with E-state index in [-0.39, 0.29) is 23.8 Å². The molecule has 2 atom stereocenters. The Bertz CT molecular complexity index is 918. The third-order valence-corrected chi connectivity index (χ3v) is 6.27. The zero-order chi connectivity index (χ0) is 20.6. The number of aryl methyl sites for hydroxylation is 2. The quantitative estimate of drug-likeness (QED) is 0.810. The highest BCUT2D eigenvalue weighted by Gasteiger charge is 2.45. The van der Waals surface area contributed by atoms with Crippen LogP contribution in [0.4, 0.5) is 0 Å². The summed E-state index contributed by atoms with van der Waals surface area (Å²) < 4.78 is 7.87. The fourth-order valence-corrected chi connectivity index (χ4v) is 4.10. The van der Waals surface area contributed by atoms with Crippen molar-refractivity contribution in [1.82, 2.24) is 19.8 Å². The van der Waals surface area contributed by atoms with Crippen LogP contribution in [0.2, 0.25) is 0 Å². The van der Waals surface area contributed by atoms with Gasteiger partial charge in [0.15, 0.2) is 6.10 Å². The Morgan fingerprint density at radius 3 is 2.72 bits per heavy atom. The molecule has 0 unspecified atom stereocenters. The summed E-state index contributed by atoms with van der Waals surface area (Å²) in [4.78, 5) is 31.3. The molecule has 0 radical (unpaired) electrons. The summed E-state index contributed by atoms with van der Waals surface area (Å²) in [6, 6.07) is 7.40. The van der Waals surface area contributed by atoms with E-state index in [2.05, 4.69) is 14.9 Å². The maximum absolute atomic E-state index is 13.1. The largest absolute Gasteiger partial charge is 0.356 e. The van der Waals surface area contributed by atoms with Gasteiger partial charge in [0.05, 0.1) is 6.04 Å². The van der Waals surface area contributed by atoms with Gasteiger partial charge in [0.1, 0.15) is 12.4 Å². The van der Waals surface area contributed by atoms with Crippen LogP contribution in [0.1, 0.15) is 35.8 Å². The monoisotopic (exact) mass is 396 g/mol. The number of amides is 2. The maximum atomic E-state index is 13.1. The lowest BCUT2D eigenvalue weighted by Crippen LogP contribution is -2.53. The fourth-order valence-electron chi connectivity index (χ4n) is 4.10. The number of morpholine rings is 1. The Balaban J connectivity index is 1.47. The molecule has 2 amide bonds. The number of aromatic nitrogens is 2. The van der Waals surface area contributed by atoms with E-state index in [4.69, 9.17) is 4.74 Å². The minimum atomic E-state index is -0.718. The van der Waals surface area contributed by atoms with Gasteiger partial charge < -0.3 is 19.5 Å². The SMILES string of the molecule is Cc1ccccc1[C@@H]1[C@@H](C(=O)NCC2(Cn3ccnc3C)CC2)OCC(=O)N1C. The first-order valence-electron chi connectivity index (χ1n) is 10.1. The van der Waals surface area contributed by atoms with Gasteiger partial charge in [0.2, 0.25) is 5.91 Å². The van der Waals surface area contributed by atoms with Crippen molar-refractivity contribution in [3.05, 3.63) is 53.6 Å². The van der Waals surface area contributed by atoms with Gasteiger partial charge >= 0.3 is 0 Å². The van der Waals surface area contributed by atoms with E-state index in [1.807, 2.05) is 44.3 Å². The Morgan fingerprint density at radius 2 is 2.07 bits per heavy atom. The van der Waals surface area contributed by atoms with Crippen molar-refractivity contribution in [1.29, 1.82) is 0 Å². The molecule has 29 heavy (non-hydrogen) atoms. The van der Waals surface area contributed by atoms with Gasteiger partial charge in [0.25, 0.3) is 5.91 Å². The number of benzene rings is 1. The molecular weight excluding hydrogens is 368 g/mol. The maximum Gasteiger partial charge on any atom is 0.251 e. The molecule has 2 aromatic rings. The van der Waals surface area contributed by atoms with Crippen LogP contribution >= 0.6 is 0 Å². The van der Waals surface area contributed by atoms with E-state index >= 15 is 0 Å². The number of ether oxygens (including phenoxy) is 1. The molecular formula is C22H28N4O3. The van der Waals surface area contributed by atoms with Crippen LogP contribution in [-0.4, -0.2) is 52.6 Å². The van der Waals surface area contributed by atoms with Crippen LogP contribution in [0, 0.1) is 19.3 Å². The van der Waals surface area contributed by atoms with E-state index in [1.54, 1.807) is 18.1 Å². The molecule has 1 N–H and O–H groups in total. The molecule has 2 fully saturated rings. The lowest BCUT2D eigenvalue weighted by atomic mass is 9.93. The minimum Gasteiger partial charge on any atom is -0.356 e. The second kappa shape index (κ2) is 7.63. The Hall–Kier alpha value is -2.67. The number of carbonyl (C=O) groups is 2. The van der Waals surface area contributed by atoms with E-state index in [0.717, 1.165) is 36.3 Å². The average molecular weight is 396 g/mol. The lowest BCUT2D eigenvalue weighted by molar-refractivity contribution is -0.162. The second-order valence-electron chi connectivity index (χ2n) is 8.36. The number of hydrogen-bond acceptors (Lipinski definition) is 4. The van der Waals surface area contributed by atoms with Crippen molar-refractivity contribution >= 4 is 11.8 Å². The van der Waals surface area contributed by atoms with Crippen molar-refractivity contribution in [2.45, 2.75) is 45.4 Å². The van der Waals surface area contributed by atoms with E-state index in [1.165, 1.54) is 0 Å². The van der Waals surface area contributed by atoms with E-state index in [9.17, 15) is 9.59 Å². The standard InChI is InChI=1S/C22H28N4O3/c1-15-6-4-5-7-17(15)19-20(29-12-18(27)25(19)3)21(28)24-13-22(8-9-22)14-26-11-10-23-16(26)2/h4-7,10-11,19-20H,8-9,12-14H2,1-3H3,(H,24,28)/t19-,20+/m1/s1. The molecule has 2 heterocycles. The van der Waals surface area contributed by atoms with Gasteiger partial charge in [-0.15, -0.1) is 0 Å². The Labute approximate surface area is 171 Å². The molecule has 4 rings (SSSR count). The molecule has 0 bridgehead atoms. The van der Waals surface area contributed by atoms with Crippen LogP contribution in [-0.2, 0) is 20.9 Å². The third kappa shape index (κ3) is 3.92. The van der Waals surface area contributed by atoms with Crippen molar-refractivity contribution in [2.24, 2.45) is 5.41 Å². The predicted molar refractivity (Wildman–Crippen MR) is 108 cm³/mol. The molecule has 7 heteroatoms. The molecule has 1 aromatic carbocycles. The number of nitrogens with zero attached hydrogens (tertiary/aromatic N) is 3. The highest BCUT2D eigenvalue weighted by atomic mass is 16.5. The van der Waals surface area contributed by atoms with E-state index in [0.29, 0.717) is 6.54 Å². The molecule has 7 nitrogen and oxygen atoms in total. The normalized spacial score (nSPS) is 23.1. The minimum absolute atomic E-state index is 0.0731. The summed E-state index contributed by atoms with van der Waals surface area (Å²) in [7, 11) is 1.74. The first kappa shape index (κ1) is 19.6. The summed E-state index contributed by atoms with van der Waals surface area (Å²) in [5, 5.41) is 3.11. The number of rotatable bonds is 6. The van der Waals surface area contributed by atoms with Gasteiger partial charge in [-0.05, 0) is 37.8 Å². The predicted octanol–water partition coefficient (Wildman–Crippen LogP) is 1.99. The Kier molecular flexibility index (Phi) is 5.17. The summed E-state index contributed by atoms with van der Waals surface area (Å²) >= 11 is 0. The van der Waals surface area contributed by atoms with Crippen LogP contribution in [0.25, 0.3) is 0 Å². The van der Waals surface area contributed by atoms with Crippen molar-refractivity contribution in [2.75, 3.05) is 20.2 Å². The first-order valence-corrected chi connectivity index (χ1v) is 10.1. The lowest BCUT2D eigenvalue weighted by Gasteiger charge is -2.39. The van der Waals surface area contributed by atoms with Gasteiger partial charge in [-0.2, -0.15) is 0 Å². The zero-order valence-electron chi connectivity index (χ0n) is 17.2. The highest BCUT2D eigenvalue weighted by Crippen LogP contribution is 2.46. The number of hydrogen-bond donors (Lipinski definition) is 1. The van der Waals surface area contributed by atoms with Gasteiger partial charge in [-0.1, -0.05) is 24.3 Å². The molecule has 154 valence electrons. The number of nitrogens with one attached hydrogen (secondary N) is 1. The smallest absolute Gasteiger partial charge is 0.251 e. The third-order valence-electron chi connectivity index (χ3n) is 6.27. The number of imidazole rings is 1. The van der Waals surface area contributed by atoms with E-state index < -0.39 is 12.1 Å². The van der Waals surface area contributed by atoms with Gasteiger partial charge in [-0.3, -0.25) is 9.59 Å². The summed E-state index contributed by atoms with van der Waals surface area (Å²) in [6.07, 6.45) is 5.23. The Morgan fingerprint density at radius 1 is 1.31 bits per heavy atom. The first-order chi connectivity index (χ1) is 13.9. The molecule has 0 spiro atoms. The average Bonchev–Trinajstić information content (AvgIpc) is 3.36. The number of carbonyl (C=O) groups excluding carboxylic acids is 2. The zero-order valence-corrected chi connectivity index (χ0v) is 17.2. The fraction of sp³-hybridized carbons (Fsp3) is 0.500. The summed E-state index contributed by atoms with van der Waals surface area (Å²) in [5.41, 5.74) is 2.06. The van der Waals surface area contributed by atoms with Crippen molar-refractivity contribution in [3.63, 3.8) is 0 Å². The van der Waals surface area contributed by atoms with Crippen LogP contribution in [0.15, 0.2) is 36.7 Å². The molecule has 2 aliphatic rings. The second-order valence-corrected chi connectivity index (χ2v) is 8.36. The van der Waals surface area contributed by atoms with Crippen LogP contribution in [0.3, 0.4) is 0 Å². The molecule has 1 saturated carbocycles.